The van der Waals surface area contributed by atoms with Gasteiger partial charge in [-0.05, 0) is 44.0 Å². The van der Waals surface area contributed by atoms with Crippen molar-refractivity contribution in [1.29, 1.82) is 0 Å². The fourth-order valence-corrected chi connectivity index (χ4v) is 4.06. The Kier molecular flexibility index (Phi) is 3.23. The molecule has 3 fully saturated rings. The van der Waals surface area contributed by atoms with Gasteiger partial charge in [0, 0.05) is 12.6 Å². The molecule has 1 amide bonds. The Morgan fingerprint density at radius 1 is 1.38 bits per heavy atom. The summed E-state index contributed by atoms with van der Waals surface area (Å²) in [5.74, 6) is 1.10. The number of aromatic nitrogens is 2. The molecule has 2 bridgehead atoms. The maximum Gasteiger partial charge on any atom is 0.261 e. The first-order valence-electron chi connectivity index (χ1n) is 7.19. The molecule has 3 aliphatic rings. The standard InChI is InChI=1S/C14H16N4O2S/c19-13(16-10-7-18-5-3-9(10)4-6-18)11-1-2-12(21-11)14-17-15-8-20-14/h1-2,8-10H,3-7H2,(H,16,19). The number of thiophene rings is 1. The third-order valence-corrected chi connectivity index (χ3v) is 5.45. The van der Waals surface area contributed by atoms with Crippen molar-refractivity contribution in [1.82, 2.24) is 20.4 Å². The minimum absolute atomic E-state index is 0.00418. The van der Waals surface area contributed by atoms with E-state index in [1.807, 2.05) is 12.1 Å². The Labute approximate surface area is 126 Å². The number of nitrogens with zero attached hydrogens (tertiary/aromatic N) is 3. The van der Waals surface area contributed by atoms with Crippen LogP contribution in [0.25, 0.3) is 10.8 Å². The number of nitrogens with one attached hydrogen (secondary N) is 1. The van der Waals surface area contributed by atoms with Gasteiger partial charge in [0.05, 0.1) is 9.75 Å². The van der Waals surface area contributed by atoms with E-state index in [1.54, 1.807) is 0 Å². The number of carbonyl (C=O) groups is 1. The number of fused-ring (bicyclic) bond motifs is 3. The first-order chi connectivity index (χ1) is 10.3. The molecule has 0 aliphatic carbocycles. The molecule has 21 heavy (non-hydrogen) atoms. The molecule has 0 spiro atoms. The maximum absolute atomic E-state index is 12.4. The molecule has 5 heterocycles. The van der Waals surface area contributed by atoms with Crippen molar-refractivity contribution in [2.24, 2.45) is 5.92 Å². The molecule has 2 aromatic heterocycles. The van der Waals surface area contributed by atoms with Gasteiger partial charge < -0.3 is 14.6 Å². The predicted molar refractivity (Wildman–Crippen MR) is 78.0 cm³/mol. The molecule has 3 saturated heterocycles. The van der Waals surface area contributed by atoms with Crippen LogP contribution >= 0.6 is 11.3 Å². The predicted octanol–water partition coefficient (Wildman–Crippen LogP) is 1.62. The van der Waals surface area contributed by atoms with Gasteiger partial charge >= 0.3 is 0 Å². The Morgan fingerprint density at radius 3 is 2.90 bits per heavy atom. The van der Waals surface area contributed by atoms with Crippen LogP contribution in [0.5, 0.6) is 0 Å². The van der Waals surface area contributed by atoms with Gasteiger partial charge in [-0.2, -0.15) is 0 Å². The molecule has 2 aromatic rings. The minimum Gasteiger partial charge on any atom is -0.423 e. The lowest BCUT2D eigenvalue weighted by Gasteiger charge is -2.44. The number of piperidine rings is 3. The summed E-state index contributed by atoms with van der Waals surface area (Å²) >= 11 is 1.39. The molecule has 0 saturated carbocycles. The SMILES string of the molecule is O=C(NC1CN2CCC1CC2)c1ccc(-c2nnco2)s1. The molecule has 1 unspecified atom stereocenters. The number of carbonyl (C=O) groups excluding carboxylic acids is 1. The summed E-state index contributed by atoms with van der Waals surface area (Å²) in [5, 5.41) is 10.7. The first kappa shape index (κ1) is 13.0. The van der Waals surface area contributed by atoms with Gasteiger partial charge in [0.1, 0.15) is 0 Å². The van der Waals surface area contributed by atoms with Crippen molar-refractivity contribution in [2.45, 2.75) is 18.9 Å². The van der Waals surface area contributed by atoms with E-state index in [9.17, 15) is 4.79 Å². The van der Waals surface area contributed by atoms with Crippen LogP contribution < -0.4 is 5.32 Å². The number of hydrogen-bond acceptors (Lipinski definition) is 6. The molecule has 3 aliphatic heterocycles. The Morgan fingerprint density at radius 2 is 2.24 bits per heavy atom. The lowest BCUT2D eigenvalue weighted by Crippen LogP contribution is -2.57. The highest BCUT2D eigenvalue weighted by Crippen LogP contribution is 2.29. The Balaban J connectivity index is 1.46. The van der Waals surface area contributed by atoms with Gasteiger partial charge in [-0.15, -0.1) is 21.5 Å². The average Bonchev–Trinajstić information content (AvgIpc) is 3.20. The van der Waals surface area contributed by atoms with Crippen LogP contribution in [0.15, 0.2) is 22.9 Å². The van der Waals surface area contributed by atoms with E-state index in [0.717, 1.165) is 11.4 Å². The fraction of sp³-hybridized carbons (Fsp3) is 0.500. The smallest absolute Gasteiger partial charge is 0.261 e. The monoisotopic (exact) mass is 304 g/mol. The fourth-order valence-electron chi connectivity index (χ4n) is 3.22. The van der Waals surface area contributed by atoms with Gasteiger partial charge in [0.25, 0.3) is 11.8 Å². The van der Waals surface area contributed by atoms with Gasteiger partial charge in [-0.1, -0.05) is 0 Å². The summed E-state index contributed by atoms with van der Waals surface area (Å²) in [6.07, 6.45) is 3.69. The second-order valence-corrected chi connectivity index (χ2v) is 6.71. The van der Waals surface area contributed by atoms with Crippen LogP contribution in [-0.4, -0.2) is 46.7 Å². The summed E-state index contributed by atoms with van der Waals surface area (Å²) in [6.45, 7) is 3.34. The van der Waals surface area contributed by atoms with E-state index in [4.69, 9.17) is 4.42 Å². The quantitative estimate of drug-likeness (QED) is 0.933. The minimum atomic E-state index is 0.00418. The second-order valence-electron chi connectivity index (χ2n) is 5.63. The van der Waals surface area contributed by atoms with E-state index < -0.39 is 0 Å². The van der Waals surface area contributed by atoms with E-state index in [2.05, 4.69) is 20.4 Å². The normalized spacial score (nSPS) is 27.7. The average molecular weight is 304 g/mol. The summed E-state index contributed by atoms with van der Waals surface area (Å²) in [6, 6.07) is 3.96. The van der Waals surface area contributed by atoms with Crippen LogP contribution in [0.1, 0.15) is 22.5 Å². The Bertz CT molecular complexity index is 631. The third-order valence-electron chi connectivity index (χ3n) is 4.37. The van der Waals surface area contributed by atoms with Gasteiger partial charge in [-0.3, -0.25) is 4.79 Å². The van der Waals surface area contributed by atoms with Crippen LogP contribution in [0.3, 0.4) is 0 Å². The molecule has 5 rings (SSSR count). The highest BCUT2D eigenvalue weighted by Gasteiger charge is 2.35. The van der Waals surface area contributed by atoms with Crippen LogP contribution in [0, 0.1) is 5.92 Å². The zero-order valence-corrected chi connectivity index (χ0v) is 12.3. The van der Waals surface area contributed by atoms with Gasteiger partial charge in [-0.25, -0.2) is 0 Å². The van der Waals surface area contributed by atoms with Crippen LogP contribution in [-0.2, 0) is 0 Å². The van der Waals surface area contributed by atoms with Crippen molar-refractivity contribution in [2.75, 3.05) is 19.6 Å². The summed E-state index contributed by atoms with van der Waals surface area (Å²) in [5.41, 5.74) is 0. The van der Waals surface area contributed by atoms with Crippen molar-refractivity contribution in [3.63, 3.8) is 0 Å². The van der Waals surface area contributed by atoms with Crippen molar-refractivity contribution in [3.05, 3.63) is 23.4 Å². The molecule has 0 radical (unpaired) electrons. The zero-order chi connectivity index (χ0) is 14.2. The molecule has 1 atom stereocenters. The number of hydrogen-bond donors (Lipinski definition) is 1. The van der Waals surface area contributed by atoms with Crippen LogP contribution in [0.4, 0.5) is 0 Å². The zero-order valence-electron chi connectivity index (χ0n) is 11.5. The Hall–Kier alpha value is -1.73. The van der Waals surface area contributed by atoms with E-state index in [-0.39, 0.29) is 11.9 Å². The molecule has 7 heteroatoms. The van der Waals surface area contributed by atoms with E-state index >= 15 is 0 Å². The van der Waals surface area contributed by atoms with Crippen molar-refractivity contribution < 1.29 is 9.21 Å². The first-order valence-corrected chi connectivity index (χ1v) is 8.01. The van der Waals surface area contributed by atoms with Crippen molar-refractivity contribution >= 4 is 17.2 Å². The lowest BCUT2D eigenvalue weighted by molar-refractivity contribution is 0.0622. The number of rotatable bonds is 3. The van der Waals surface area contributed by atoms with Crippen molar-refractivity contribution in [3.8, 4) is 10.8 Å². The number of amides is 1. The molecule has 0 aromatic carbocycles. The highest BCUT2D eigenvalue weighted by molar-refractivity contribution is 7.17. The second kappa shape index (κ2) is 5.23. The van der Waals surface area contributed by atoms with E-state index in [1.165, 1.54) is 43.7 Å². The lowest BCUT2D eigenvalue weighted by atomic mass is 9.84. The molecule has 1 N–H and O–H groups in total. The summed E-state index contributed by atoms with van der Waals surface area (Å²) in [4.78, 5) is 16.3. The molecule has 110 valence electrons. The third kappa shape index (κ3) is 2.47. The summed E-state index contributed by atoms with van der Waals surface area (Å²) in [7, 11) is 0. The van der Waals surface area contributed by atoms with Gasteiger partial charge in [0.2, 0.25) is 6.39 Å². The largest absolute Gasteiger partial charge is 0.423 e. The van der Waals surface area contributed by atoms with Crippen LogP contribution in [0.2, 0.25) is 0 Å². The van der Waals surface area contributed by atoms with Gasteiger partial charge in [0.15, 0.2) is 0 Å². The summed E-state index contributed by atoms with van der Waals surface area (Å²) < 4.78 is 5.15. The molecule has 6 nitrogen and oxygen atoms in total. The molecular weight excluding hydrogens is 288 g/mol. The molecular formula is C14H16N4O2S. The maximum atomic E-state index is 12.4. The topological polar surface area (TPSA) is 71.3 Å². The highest BCUT2D eigenvalue weighted by atomic mass is 32.1. The van der Waals surface area contributed by atoms with E-state index in [0.29, 0.717) is 16.7 Å².